The van der Waals surface area contributed by atoms with E-state index in [2.05, 4.69) is 5.32 Å². The van der Waals surface area contributed by atoms with Crippen LogP contribution in [0.4, 0.5) is 0 Å². The minimum absolute atomic E-state index is 0.0145. The van der Waals surface area contributed by atoms with Crippen molar-refractivity contribution < 1.29 is 14.3 Å². The molecule has 0 saturated heterocycles. The lowest BCUT2D eigenvalue weighted by Gasteiger charge is -2.16. The number of hydrogen-bond acceptors (Lipinski definition) is 4. The van der Waals surface area contributed by atoms with Gasteiger partial charge in [-0.25, -0.2) is 0 Å². The molecule has 0 saturated carbocycles. The summed E-state index contributed by atoms with van der Waals surface area (Å²) in [6.07, 6.45) is 0. The molecule has 4 nitrogen and oxygen atoms in total. The van der Waals surface area contributed by atoms with Gasteiger partial charge in [0.2, 0.25) is 5.91 Å². The number of ether oxygens (including phenoxy) is 2. The quantitative estimate of drug-likeness (QED) is 0.735. The van der Waals surface area contributed by atoms with Gasteiger partial charge in [0.05, 0.1) is 26.0 Å². The summed E-state index contributed by atoms with van der Waals surface area (Å²) in [7, 11) is 3.19. The topological polar surface area (TPSA) is 47.6 Å². The van der Waals surface area contributed by atoms with Gasteiger partial charge in [0.1, 0.15) is 0 Å². The number of nitrogens with one attached hydrogen (secondary N) is 1. The lowest BCUT2D eigenvalue weighted by atomic mass is 10.1. The number of halogens is 1. The van der Waals surface area contributed by atoms with E-state index in [0.717, 1.165) is 16.1 Å². The lowest BCUT2D eigenvalue weighted by molar-refractivity contribution is -0.119. The highest BCUT2D eigenvalue weighted by atomic mass is 35.5. The standard InChI is InChI=1S/C19H22ClNO3S/c1-13(14-8-9-17(23-2)18(10-14)24-3)21-19(22)12-25-11-15-6-4-5-7-16(15)20/h4-10,13H,11-12H2,1-3H3,(H,21,22). The van der Waals surface area contributed by atoms with Crippen LogP contribution in [0, 0.1) is 0 Å². The van der Waals surface area contributed by atoms with E-state index in [4.69, 9.17) is 21.1 Å². The van der Waals surface area contributed by atoms with Crippen LogP contribution in [0.1, 0.15) is 24.1 Å². The summed E-state index contributed by atoms with van der Waals surface area (Å²) >= 11 is 7.66. The lowest BCUT2D eigenvalue weighted by Crippen LogP contribution is -2.28. The number of carbonyl (C=O) groups excluding carboxylic acids is 1. The highest BCUT2D eigenvalue weighted by Gasteiger charge is 2.13. The Hall–Kier alpha value is -1.85. The Kier molecular flexibility index (Phi) is 7.47. The minimum Gasteiger partial charge on any atom is -0.493 e. The largest absolute Gasteiger partial charge is 0.493 e. The van der Waals surface area contributed by atoms with Gasteiger partial charge in [0.25, 0.3) is 0 Å². The first-order chi connectivity index (χ1) is 12.0. The van der Waals surface area contributed by atoms with Crippen molar-refractivity contribution in [2.45, 2.75) is 18.7 Å². The van der Waals surface area contributed by atoms with Gasteiger partial charge in [-0.15, -0.1) is 11.8 Å². The second-order valence-electron chi connectivity index (χ2n) is 5.49. The Labute approximate surface area is 157 Å². The third-order valence-electron chi connectivity index (χ3n) is 3.73. The van der Waals surface area contributed by atoms with Gasteiger partial charge in [-0.05, 0) is 36.2 Å². The Morgan fingerprint density at radius 3 is 2.56 bits per heavy atom. The van der Waals surface area contributed by atoms with Crippen molar-refractivity contribution in [1.82, 2.24) is 5.32 Å². The van der Waals surface area contributed by atoms with Crippen LogP contribution < -0.4 is 14.8 Å². The summed E-state index contributed by atoms with van der Waals surface area (Å²) in [4.78, 5) is 12.2. The van der Waals surface area contributed by atoms with Crippen LogP contribution in [0.5, 0.6) is 11.5 Å². The van der Waals surface area contributed by atoms with Gasteiger partial charge >= 0.3 is 0 Å². The Balaban J connectivity index is 1.86. The Morgan fingerprint density at radius 1 is 1.16 bits per heavy atom. The van der Waals surface area contributed by atoms with E-state index in [1.54, 1.807) is 14.2 Å². The van der Waals surface area contributed by atoms with Crippen LogP contribution in [-0.4, -0.2) is 25.9 Å². The molecule has 6 heteroatoms. The zero-order chi connectivity index (χ0) is 18.2. The fourth-order valence-electron chi connectivity index (χ4n) is 2.36. The third-order valence-corrected chi connectivity index (χ3v) is 5.08. The maximum atomic E-state index is 12.2. The molecule has 1 N–H and O–H groups in total. The van der Waals surface area contributed by atoms with Crippen LogP contribution in [-0.2, 0) is 10.5 Å². The molecule has 0 aromatic heterocycles. The maximum Gasteiger partial charge on any atom is 0.230 e. The van der Waals surface area contributed by atoms with Crippen LogP contribution in [0.15, 0.2) is 42.5 Å². The predicted molar refractivity (Wildman–Crippen MR) is 104 cm³/mol. The molecule has 0 spiro atoms. The zero-order valence-electron chi connectivity index (χ0n) is 14.5. The zero-order valence-corrected chi connectivity index (χ0v) is 16.1. The fourth-order valence-corrected chi connectivity index (χ4v) is 3.48. The molecule has 0 aliphatic rings. The number of amides is 1. The van der Waals surface area contributed by atoms with Gasteiger partial charge in [0.15, 0.2) is 11.5 Å². The molecule has 0 bridgehead atoms. The van der Waals surface area contributed by atoms with E-state index in [1.807, 2.05) is 49.4 Å². The van der Waals surface area contributed by atoms with Gasteiger partial charge in [-0.2, -0.15) is 0 Å². The van der Waals surface area contributed by atoms with Gasteiger partial charge in [-0.1, -0.05) is 35.9 Å². The molecule has 25 heavy (non-hydrogen) atoms. The first-order valence-corrected chi connectivity index (χ1v) is 9.41. The van der Waals surface area contributed by atoms with Crippen molar-refractivity contribution >= 4 is 29.3 Å². The van der Waals surface area contributed by atoms with Crippen LogP contribution >= 0.6 is 23.4 Å². The molecule has 0 aliphatic carbocycles. The van der Waals surface area contributed by atoms with E-state index in [1.165, 1.54) is 11.8 Å². The smallest absolute Gasteiger partial charge is 0.230 e. The van der Waals surface area contributed by atoms with Gasteiger partial charge < -0.3 is 14.8 Å². The van der Waals surface area contributed by atoms with Crippen molar-refractivity contribution in [1.29, 1.82) is 0 Å². The maximum absolute atomic E-state index is 12.2. The average molecular weight is 380 g/mol. The predicted octanol–water partition coefficient (Wildman–Crippen LogP) is 4.47. The molecule has 0 radical (unpaired) electrons. The van der Waals surface area contributed by atoms with E-state index < -0.39 is 0 Å². The van der Waals surface area contributed by atoms with E-state index in [-0.39, 0.29) is 11.9 Å². The molecule has 1 atom stereocenters. The van der Waals surface area contributed by atoms with Crippen LogP contribution in [0.25, 0.3) is 0 Å². The normalized spacial score (nSPS) is 11.7. The summed E-state index contributed by atoms with van der Waals surface area (Å²) in [5, 5.41) is 3.73. The summed E-state index contributed by atoms with van der Waals surface area (Å²) < 4.78 is 10.5. The highest BCUT2D eigenvalue weighted by molar-refractivity contribution is 7.99. The fraction of sp³-hybridized carbons (Fsp3) is 0.316. The number of hydrogen-bond donors (Lipinski definition) is 1. The minimum atomic E-state index is -0.117. The van der Waals surface area contributed by atoms with Crippen molar-refractivity contribution in [3.05, 3.63) is 58.6 Å². The summed E-state index contributed by atoms with van der Waals surface area (Å²) in [5.74, 6) is 2.38. The van der Waals surface area contributed by atoms with Crippen LogP contribution in [0.3, 0.4) is 0 Å². The van der Waals surface area contributed by atoms with Crippen molar-refractivity contribution in [2.24, 2.45) is 0 Å². The molecule has 2 aromatic carbocycles. The average Bonchev–Trinajstić information content (AvgIpc) is 2.62. The third kappa shape index (κ3) is 5.58. The number of thioether (sulfide) groups is 1. The molecule has 1 unspecified atom stereocenters. The van der Waals surface area contributed by atoms with Gasteiger partial charge in [0, 0.05) is 10.8 Å². The van der Waals surface area contributed by atoms with E-state index >= 15 is 0 Å². The summed E-state index contributed by atoms with van der Waals surface area (Å²) in [5.41, 5.74) is 2.00. The van der Waals surface area contributed by atoms with Crippen LogP contribution in [0.2, 0.25) is 5.02 Å². The molecule has 0 fully saturated rings. The Bertz CT molecular complexity index is 724. The monoisotopic (exact) mass is 379 g/mol. The van der Waals surface area contributed by atoms with E-state index in [9.17, 15) is 4.79 Å². The molecule has 1 amide bonds. The molecule has 2 rings (SSSR count). The molecule has 134 valence electrons. The number of methoxy groups -OCH3 is 2. The molecular formula is C19H22ClNO3S. The number of benzene rings is 2. The number of carbonyl (C=O) groups is 1. The summed E-state index contributed by atoms with van der Waals surface area (Å²) in [6, 6.07) is 13.2. The second kappa shape index (κ2) is 9.59. The number of rotatable bonds is 8. The summed E-state index contributed by atoms with van der Waals surface area (Å²) in [6.45, 7) is 1.94. The first-order valence-electron chi connectivity index (χ1n) is 7.87. The van der Waals surface area contributed by atoms with Crippen molar-refractivity contribution in [3.63, 3.8) is 0 Å². The van der Waals surface area contributed by atoms with E-state index in [0.29, 0.717) is 23.0 Å². The molecule has 2 aromatic rings. The second-order valence-corrected chi connectivity index (χ2v) is 6.88. The molecule has 0 heterocycles. The first kappa shape index (κ1) is 19.5. The molecular weight excluding hydrogens is 358 g/mol. The van der Waals surface area contributed by atoms with Crippen molar-refractivity contribution in [3.8, 4) is 11.5 Å². The van der Waals surface area contributed by atoms with Gasteiger partial charge in [-0.3, -0.25) is 4.79 Å². The van der Waals surface area contributed by atoms with Crippen molar-refractivity contribution in [2.75, 3.05) is 20.0 Å². The SMILES string of the molecule is COc1ccc(C(C)NC(=O)CSCc2ccccc2Cl)cc1OC. The Morgan fingerprint density at radius 2 is 1.88 bits per heavy atom. The molecule has 0 aliphatic heterocycles. The highest BCUT2D eigenvalue weighted by Crippen LogP contribution is 2.30.